The Kier molecular flexibility index (Phi) is 8.60. The SMILES string of the molecule is O=C(NC(Cc1ccc(-c2ccccc2)cc1)C(=O)O)c1cc(I)ccc1NS(=O)(=O)c1ccc(F)cc1F. The van der Waals surface area contributed by atoms with Crippen LogP contribution >= 0.6 is 22.6 Å². The summed E-state index contributed by atoms with van der Waals surface area (Å²) in [6, 6.07) is 21.7. The zero-order chi connectivity index (χ0) is 28.2. The summed E-state index contributed by atoms with van der Waals surface area (Å²) in [7, 11) is -4.54. The van der Waals surface area contributed by atoms with Crippen molar-refractivity contribution in [2.45, 2.75) is 17.4 Å². The first-order chi connectivity index (χ1) is 18.5. The zero-order valence-corrected chi connectivity index (χ0v) is 23.0. The van der Waals surface area contributed by atoms with Gasteiger partial charge in [-0.2, -0.15) is 0 Å². The summed E-state index contributed by atoms with van der Waals surface area (Å²) in [6.07, 6.45) is -0.0259. The fraction of sp³-hybridized carbons (Fsp3) is 0.0714. The standard InChI is InChI=1S/C28H21F2IN2O5S/c29-20-10-13-26(23(30)15-20)39(37,38)33-24-12-11-21(31)16-22(24)27(34)32-25(28(35)36)14-17-6-8-19(9-7-17)18-4-2-1-3-5-18/h1-13,15-16,25,33H,14H2,(H,32,34)(H,35,36). The van der Waals surface area contributed by atoms with Crippen LogP contribution in [0.2, 0.25) is 0 Å². The Balaban J connectivity index is 1.55. The van der Waals surface area contributed by atoms with Crippen LogP contribution in [0.4, 0.5) is 14.5 Å². The number of carbonyl (C=O) groups excluding carboxylic acids is 1. The molecule has 0 bridgehead atoms. The maximum atomic E-state index is 14.2. The Labute approximate surface area is 237 Å². The number of hydrogen-bond donors (Lipinski definition) is 3. The van der Waals surface area contributed by atoms with Crippen molar-refractivity contribution >= 4 is 50.2 Å². The fourth-order valence-electron chi connectivity index (χ4n) is 3.82. The molecule has 1 unspecified atom stereocenters. The van der Waals surface area contributed by atoms with E-state index in [9.17, 15) is 31.9 Å². The van der Waals surface area contributed by atoms with Crippen LogP contribution in [0, 0.1) is 15.2 Å². The fourth-order valence-corrected chi connectivity index (χ4v) is 5.45. The van der Waals surface area contributed by atoms with Gasteiger partial charge in [0.15, 0.2) is 0 Å². The third-order valence-electron chi connectivity index (χ3n) is 5.76. The van der Waals surface area contributed by atoms with E-state index in [0.29, 0.717) is 15.2 Å². The van der Waals surface area contributed by atoms with Gasteiger partial charge in [-0.3, -0.25) is 9.52 Å². The molecular formula is C28H21F2IN2O5S. The van der Waals surface area contributed by atoms with E-state index in [4.69, 9.17) is 0 Å². The summed E-state index contributed by atoms with van der Waals surface area (Å²) >= 11 is 1.91. The topological polar surface area (TPSA) is 113 Å². The third kappa shape index (κ3) is 6.98. The second kappa shape index (κ2) is 11.9. The molecule has 0 aliphatic heterocycles. The molecule has 0 saturated carbocycles. The van der Waals surface area contributed by atoms with Crippen LogP contribution in [0.1, 0.15) is 15.9 Å². The zero-order valence-electron chi connectivity index (χ0n) is 20.1. The molecule has 1 amide bonds. The molecule has 11 heteroatoms. The highest BCUT2D eigenvalue weighted by atomic mass is 127. The minimum Gasteiger partial charge on any atom is -0.480 e. The van der Waals surface area contributed by atoms with Crippen molar-refractivity contribution in [1.82, 2.24) is 5.32 Å². The summed E-state index contributed by atoms with van der Waals surface area (Å²) < 4.78 is 55.7. The van der Waals surface area contributed by atoms with Crippen LogP contribution in [-0.2, 0) is 21.2 Å². The van der Waals surface area contributed by atoms with E-state index in [1.54, 1.807) is 12.1 Å². The average Bonchev–Trinajstić information content (AvgIpc) is 2.89. The molecular weight excluding hydrogens is 641 g/mol. The number of carbonyl (C=O) groups is 2. The Morgan fingerprint density at radius 3 is 2.18 bits per heavy atom. The van der Waals surface area contributed by atoms with E-state index in [2.05, 4.69) is 10.0 Å². The molecule has 0 radical (unpaired) electrons. The van der Waals surface area contributed by atoms with Gasteiger partial charge in [-0.1, -0.05) is 54.6 Å². The first-order valence-corrected chi connectivity index (χ1v) is 14.0. The van der Waals surface area contributed by atoms with Crippen LogP contribution in [-0.4, -0.2) is 31.4 Å². The predicted octanol–water partition coefficient (Wildman–Crippen LogP) is 5.46. The summed E-state index contributed by atoms with van der Waals surface area (Å²) in [6.45, 7) is 0. The molecule has 0 aliphatic rings. The molecule has 1 atom stereocenters. The number of halogens is 3. The van der Waals surface area contributed by atoms with Gasteiger partial charge in [0.25, 0.3) is 15.9 Å². The molecule has 4 rings (SSSR count). The van der Waals surface area contributed by atoms with Gasteiger partial charge < -0.3 is 10.4 Å². The van der Waals surface area contributed by atoms with Crippen LogP contribution in [0.3, 0.4) is 0 Å². The predicted molar refractivity (Wildman–Crippen MR) is 151 cm³/mol. The molecule has 4 aromatic rings. The van der Waals surface area contributed by atoms with Crippen molar-refractivity contribution in [1.29, 1.82) is 0 Å². The summed E-state index contributed by atoms with van der Waals surface area (Å²) in [4.78, 5) is 24.3. The number of benzene rings is 4. The molecule has 0 aliphatic carbocycles. The first kappa shape index (κ1) is 28.2. The van der Waals surface area contributed by atoms with Crippen molar-refractivity contribution in [3.8, 4) is 11.1 Å². The number of aliphatic carboxylic acids is 1. The van der Waals surface area contributed by atoms with Crippen molar-refractivity contribution in [3.05, 3.63) is 117 Å². The van der Waals surface area contributed by atoms with Gasteiger partial charge in [-0.15, -0.1) is 0 Å². The molecule has 0 heterocycles. The number of sulfonamides is 1. The molecule has 0 saturated heterocycles. The maximum absolute atomic E-state index is 14.2. The molecule has 0 spiro atoms. The second-order valence-electron chi connectivity index (χ2n) is 8.50. The average molecular weight is 662 g/mol. The number of anilines is 1. The second-order valence-corrected chi connectivity index (χ2v) is 11.4. The Morgan fingerprint density at radius 1 is 0.872 bits per heavy atom. The molecule has 200 valence electrons. The Bertz CT molecular complexity index is 1630. The van der Waals surface area contributed by atoms with Crippen molar-refractivity contribution in [3.63, 3.8) is 0 Å². The van der Waals surface area contributed by atoms with E-state index < -0.39 is 44.5 Å². The molecule has 3 N–H and O–H groups in total. The monoisotopic (exact) mass is 662 g/mol. The maximum Gasteiger partial charge on any atom is 0.326 e. The highest BCUT2D eigenvalue weighted by Crippen LogP contribution is 2.25. The lowest BCUT2D eigenvalue weighted by molar-refractivity contribution is -0.139. The van der Waals surface area contributed by atoms with Crippen LogP contribution in [0.5, 0.6) is 0 Å². The van der Waals surface area contributed by atoms with Gasteiger partial charge >= 0.3 is 5.97 Å². The number of hydrogen-bond acceptors (Lipinski definition) is 4. The Hall–Kier alpha value is -3.84. The van der Waals surface area contributed by atoms with Gasteiger partial charge in [0, 0.05) is 16.1 Å². The molecule has 39 heavy (non-hydrogen) atoms. The van der Waals surface area contributed by atoms with Gasteiger partial charge in [0.2, 0.25) is 0 Å². The van der Waals surface area contributed by atoms with Crippen LogP contribution in [0.15, 0.2) is 95.9 Å². The number of nitrogens with one attached hydrogen (secondary N) is 2. The normalized spacial score (nSPS) is 12.0. The van der Waals surface area contributed by atoms with E-state index in [-0.39, 0.29) is 17.7 Å². The van der Waals surface area contributed by atoms with Gasteiger partial charge in [-0.05, 0) is 69.6 Å². The highest BCUT2D eigenvalue weighted by molar-refractivity contribution is 14.1. The smallest absolute Gasteiger partial charge is 0.326 e. The number of rotatable bonds is 9. The van der Waals surface area contributed by atoms with E-state index in [0.717, 1.165) is 23.3 Å². The molecule has 7 nitrogen and oxygen atoms in total. The molecule has 0 aromatic heterocycles. The van der Waals surface area contributed by atoms with Crippen LogP contribution in [0.25, 0.3) is 11.1 Å². The van der Waals surface area contributed by atoms with Crippen LogP contribution < -0.4 is 10.0 Å². The highest BCUT2D eigenvalue weighted by Gasteiger charge is 2.26. The molecule has 0 fully saturated rings. The van der Waals surface area contributed by atoms with Crippen molar-refractivity contribution < 1.29 is 31.9 Å². The lowest BCUT2D eigenvalue weighted by atomic mass is 10.0. The molecule has 4 aromatic carbocycles. The lowest BCUT2D eigenvalue weighted by Gasteiger charge is -2.18. The largest absolute Gasteiger partial charge is 0.480 e. The minimum atomic E-state index is -4.54. The van der Waals surface area contributed by atoms with E-state index in [1.165, 1.54) is 18.2 Å². The summed E-state index contributed by atoms with van der Waals surface area (Å²) in [5.41, 5.74) is 2.24. The quantitative estimate of drug-likeness (QED) is 0.206. The van der Waals surface area contributed by atoms with Gasteiger partial charge in [-0.25, -0.2) is 22.0 Å². The minimum absolute atomic E-state index is 0.0259. The number of carboxylic acids is 1. The number of amides is 1. The van der Waals surface area contributed by atoms with Crippen molar-refractivity contribution in [2.24, 2.45) is 0 Å². The van der Waals surface area contributed by atoms with Gasteiger partial charge in [0.1, 0.15) is 22.6 Å². The lowest BCUT2D eigenvalue weighted by Crippen LogP contribution is -2.42. The van der Waals surface area contributed by atoms with E-state index in [1.807, 2.05) is 65.1 Å². The summed E-state index contributed by atoms with van der Waals surface area (Å²) in [5.74, 6) is -4.38. The summed E-state index contributed by atoms with van der Waals surface area (Å²) in [5, 5.41) is 12.2. The van der Waals surface area contributed by atoms with Gasteiger partial charge in [0.05, 0.1) is 11.3 Å². The third-order valence-corrected chi connectivity index (χ3v) is 7.83. The number of carboxylic acid groups (broad SMARTS) is 1. The Morgan fingerprint density at radius 2 is 1.54 bits per heavy atom. The first-order valence-electron chi connectivity index (χ1n) is 11.5. The van der Waals surface area contributed by atoms with Crippen molar-refractivity contribution in [2.75, 3.05) is 4.72 Å². The van der Waals surface area contributed by atoms with E-state index >= 15 is 0 Å².